The van der Waals surface area contributed by atoms with Gasteiger partial charge in [-0.1, -0.05) is 12.1 Å². The van der Waals surface area contributed by atoms with Crippen LogP contribution in [0, 0.1) is 0 Å². The topological polar surface area (TPSA) is 110 Å². The SMILES string of the molecule is CC(=O)c1ccc(S(=O)(=O)NCCC(=O)O[C@H](C)C(=O)N2[C@@H](C)CCC[C@@H]2C)cc1. The number of piperidine rings is 1. The number of sulfonamides is 1. The first kappa shape index (κ1) is 24.0. The average molecular weight is 439 g/mol. The van der Waals surface area contributed by atoms with Gasteiger partial charge in [0.2, 0.25) is 10.0 Å². The van der Waals surface area contributed by atoms with E-state index in [0.717, 1.165) is 19.3 Å². The van der Waals surface area contributed by atoms with Gasteiger partial charge in [0, 0.05) is 24.2 Å². The molecule has 1 aromatic carbocycles. The Bertz CT molecular complexity index is 871. The fourth-order valence-corrected chi connectivity index (χ4v) is 4.64. The third-order valence-electron chi connectivity index (χ3n) is 5.30. The van der Waals surface area contributed by atoms with E-state index in [2.05, 4.69) is 4.72 Å². The number of amides is 1. The van der Waals surface area contributed by atoms with Gasteiger partial charge in [0.15, 0.2) is 11.9 Å². The van der Waals surface area contributed by atoms with E-state index < -0.39 is 22.1 Å². The Hall–Kier alpha value is -2.26. The number of rotatable bonds is 8. The van der Waals surface area contributed by atoms with Crippen molar-refractivity contribution < 1.29 is 27.5 Å². The molecular weight excluding hydrogens is 408 g/mol. The number of benzene rings is 1. The highest BCUT2D eigenvalue weighted by Gasteiger charge is 2.33. The second-order valence-corrected chi connectivity index (χ2v) is 9.50. The predicted molar refractivity (Wildman–Crippen MR) is 111 cm³/mol. The van der Waals surface area contributed by atoms with Crippen LogP contribution in [0.25, 0.3) is 0 Å². The second kappa shape index (κ2) is 10.2. The molecule has 0 unspecified atom stereocenters. The minimum Gasteiger partial charge on any atom is -0.452 e. The Balaban J connectivity index is 1.85. The fraction of sp³-hybridized carbons (Fsp3) is 0.571. The molecule has 1 heterocycles. The molecule has 1 aromatic rings. The number of hydrogen-bond donors (Lipinski definition) is 1. The first-order chi connectivity index (χ1) is 14.0. The lowest BCUT2D eigenvalue weighted by molar-refractivity contribution is -0.162. The van der Waals surface area contributed by atoms with Gasteiger partial charge in [-0.25, -0.2) is 13.1 Å². The molecule has 1 aliphatic rings. The summed E-state index contributed by atoms with van der Waals surface area (Å²) >= 11 is 0. The molecule has 1 N–H and O–H groups in total. The fourth-order valence-electron chi connectivity index (χ4n) is 3.61. The lowest BCUT2D eigenvalue weighted by atomic mass is 9.97. The molecule has 0 saturated carbocycles. The van der Waals surface area contributed by atoms with Crippen LogP contribution in [0.1, 0.15) is 63.7 Å². The van der Waals surface area contributed by atoms with E-state index in [9.17, 15) is 22.8 Å². The summed E-state index contributed by atoms with van der Waals surface area (Å²) in [6.07, 6.45) is 1.79. The van der Waals surface area contributed by atoms with Gasteiger partial charge >= 0.3 is 5.97 Å². The van der Waals surface area contributed by atoms with Crippen LogP contribution in [0.5, 0.6) is 0 Å². The van der Waals surface area contributed by atoms with Crippen molar-refractivity contribution in [3.63, 3.8) is 0 Å². The summed E-state index contributed by atoms with van der Waals surface area (Å²) in [6.45, 7) is 6.74. The molecule has 9 heteroatoms. The van der Waals surface area contributed by atoms with Crippen molar-refractivity contribution in [1.82, 2.24) is 9.62 Å². The van der Waals surface area contributed by atoms with Crippen LogP contribution in [0.3, 0.4) is 0 Å². The zero-order chi connectivity index (χ0) is 22.5. The summed E-state index contributed by atoms with van der Waals surface area (Å²) in [4.78, 5) is 37.8. The monoisotopic (exact) mass is 438 g/mol. The van der Waals surface area contributed by atoms with Gasteiger partial charge in [-0.2, -0.15) is 0 Å². The molecule has 0 bridgehead atoms. The van der Waals surface area contributed by atoms with Gasteiger partial charge in [0.05, 0.1) is 11.3 Å². The van der Waals surface area contributed by atoms with Gasteiger partial charge in [-0.3, -0.25) is 14.4 Å². The summed E-state index contributed by atoms with van der Waals surface area (Å²) in [6, 6.07) is 5.73. The third-order valence-corrected chi connectivity index (χ3v) is 6.77. The zero-order valence-corrected chi connectivity index (χ0v) is 18.7. The van der Waals surface area contributed by atoms with E-state index in [0.29, 0.717) is 5.56 Å². The Morgan fingerprint density at radius 3 is 2.23 bits per heavy atom. The first-order valence-corrected chi connectivity index (χ1v) is 11.6. The smallest absolute Gasteiger partial charge is 0.307 e. The molecule has 166 valence electrons. The quantitative estimate of drug-likeness (QED) is 0.493. The number of ether oxygens (including phenoxy) is 1. The maximum Gasteiger partial charge on any atom is 0.307 e. The average Bonchev–Trinajstić information content (AvgIpc) is 2.67. The molecule has 1 saturated heterocycles. The van der Waals surface area contributed by atoms with E-state index >= 15 is 0 Å². The molecule has 1 fully saturated rings. The van der Waals surface area contributed by atoms with Crippen LogP contribution < -0.4 is 4.72 Å². The maximum absolute atomic E-state index is 12.7. The summed E-state index contributed by atoms with van der Waals surface area (Å²) in [7, 11) is -3.82. The van der Waals surface area contributed by atoms with Gasteiger partial charge in [0.1, 0.15) is 0 Å². The molecular formula is C21H30N2O6S. The number of likely N-dealkylation sites (tertiary alicyclic amines) is 1. The van der Waals surface area contributed by atoms with Crippen LogP contribution >= 0.6 is 0 Å². The number of ketones is 1. The predicted octanol–water partition coefficient (Wildman–Crippen LogP) is 2.28. The normalized spacial score (nSPS) is 20.5. The lowest BCUT2D eigenvalue weighted by Crippen LogP contribution is -2.51. The minimum absolute atomic E-state index is 0.00233. The standard InChI is InChI=1S/C21H30N2O6S/c1-14-6-5-7-15(2)23(14)21(26)17(4)29-20(25)12-13-22-30(27,28)19-10-8-18(9-11-19)16(3)24/h8-11,14-15,17,22H,5-7,12-13H2,1-4H3/t14-,15-,17+/m0/s1. The number of esters is 1. The summed E-state index contributed by atoms with van der Waals surface area (Å²) in [5, 5.41) is 0. The van der Waals surface area contributed by atoms with E-state index in [1.54, 1.807) is 4.90 Å². The van der Waals surface area contributed by atoms with Gasteiger partial charge in [-0.15, -0.1) is 0 Å². The largest absolute Gasteiger partial charge is 0.452 e. The van der Waals surface area contributed by atoms with Crippen molar-refractivity contribution in [2.24, 2.45) is 0 Å². The van der Waals surface area contributed by atoms with Crippen molar-refractivity contribution in [3.8, 4) is 0 Å². The number of Topliss-reactive ketones (excluding diaryl/α,β-unsaturated/α-hetero) is 1. The number of carbonyl (C=O) groups is 3. The highest BCUT2D eigenvalue weighted by molar-refractivity contribution is 7.89. The highest BCUT2D eigenvalue weighted by Crippen LogP contribution is 2.23. The van der Waals surface area contributed by atoms with Crippen molar-refractivity contribution in [2.45, 2.75) is 76.5 Å². The Morgan fingerprint density at radius 2 is 1.70 bits per heavy atom. The van der Waals surface area contributed by atoms with E-state index in [1.807, 2.05) is 13.8 Å². The summed E-state index contributed by atoms with van der Waals surface area (Å²) < 4.78 is 32.1. The molecule has 1 amide bonds. The number of nitrogens with zero attached hydrogens (tertiary/aromatic N) is 1. The first-order valence-electron chi connectivity index (χ1n) is 10.1. The van der Waals surface area contributed by atoms with Crippen molar-refractivity contribution in [1.29, 1.82) is 0 Å². The molecule has 8 nitrogen and oxygen atoms in total. The van der Waals surface area contributed by atoms with Crippen LogP contribution in [-0.2, 0) is 24.3 Å². The van der Waals surface area contributed by atoms with E-state index in [1.165, 1.54) is 38.1 Å². The molecule has 1 aliphatic heterocycles. The Kier molecular flexibility index (Phi) is 8.14. The molecule has 2 rings (SSSR count). The zero-order valence-electron chi connectivity index (χ0n) is 17.9. The second-order valence-electron chi connectivity index (χ2n) is 7.73. The Morgan fingerprint density at radius 1 is 1.13 bits per heavy atom. The van der Waals surface area contributed by atoms with Crippen LogP contribution in [-0.4, -0.2) is 55.7 Å². The maximum atomic E-state index is 12.7. The van der Waals surface area contributed by atoms with Gasteiger partial charge in [-0.05, 0) is 59.1 Å². The molecule has 0 radical (unpaired) electrons. The minimum atomic E-state index is -3.82. The molecule has 3 atom stereocenters. The van der Waals surface area contributed by atoms with Crippen molar-refractivity contribution in [2.75, 3.05) is 6.54 Å². The van der Waals surface area contributed by atoms with Crippen LogP contribution in [0.2, 0.25) is 0 Å². The molecule has 0 spiro atoms. The van der Waals surface area contributed by atoms with Crippen LogP contribution in [0.4, 0.5) is 0 Å². The summed E-state index contributed by atoms with van der Waals surface area (Å²) in [5.41, 5.74) is 0.411. The third kappa shape index (κ3) is 6.12. The van der Waals surface area contributed by atoms with E-state index in [4.69, 9.17) is 4.74 Å². The van der Waals surface area contributed by atoms with Gasteiger partial charge in [0.25, 0.3) is 5.91 Å². The van der Waals surface area contributed by atoms with Crippen LogP contribution in [0.15, 0.2) is 29.2 Å². The number of carbonyl (C=O) groups excluding carboxylic acids is 3. The molecule has 0 aromatic heterocycles. The number of hydrogen-bond acceptors (Lipinski definition) is 6. The lowest BCUT2D eigenvalue weighted by Gasteiger charge is -2.40. The highest BCUT2D eigenvalue weighted by atomic mass is 32.2. The summed E-state index contributed by atoms with van der Waals surface area (Å²) in [5.74, 6) is -1.04. The Labute approximate surface area is 178 Å². The van der Waals surface area contributed by atoms with E-state index in [-0.39, 0.29) is 41.6 Å². The van der Waals surface area contributed by atoms with Gasteiger partial charge < -0.3 is 9.64 Å². The van der Waals surface area contributed by atoms with Crippen molar-refractivity contribution >= 4 is 27.7 Å². The molecule has 0 aliphatic carbocycles. The number of nitrogens with one attached hydrogen (secondary N) is 1. The van der Waals surface area contributed by atoms with Crippen molar-refractivity contribution in [3.05, 3.63) is 29.8 Å². The molecule has 30 heavy (non-hydrogen) atoms.